The number of β-amino-alcohol motifs (C(OH)–C–C–N with tert-alkyl or cyclic N) is 2. The maximum atomic E-state index is 11.2. The van der Waals surface area contributed by atoms with E-state index in [0.29, 0.717) is 36.2 Å². The van der Waals surface area contributed by atoms with Gasteiger partial charge < -0.3 is 19.3 Å². The molecule has 0 spiro atoms. The molecule has 2 aromatic heterocycles. The first-order chi connectivity index (χ1) is 20.4. The van der Waals surface area contributed by atoms with Crippen molar-refractivity contribution in [2.45, 2.75) is 25.3 Å². The molecule has 8 heteroatoms. The van der Waals surface area contributed by atoms with Crippen LogP contribution in [-0.2, 0) is 13.1 Å². The topological polar surface area (TPSA) is 56.8 Å². The zero-order valence-corrected chi connectivity index (χ0v) is 24.8. The Morgan fingerprint density at radius 1 is 0.500 bits per heavy atom. The van der Waals surface area contributed by atoms with Crippen LogP contribution < -0.4 is 0 Å². The van der Waals surface area contributed by atoms with Gasteiger partial charge in [0.15, 0.2) is 0 Å². The van der Waals surface area contributed by atoms with Gasteiger partial charge in [0.05, 0.1) is 25.3 Å². The largest absolute Gasteiger partial charge is 0.390 e. The highest BCUT2D eigenvalue weighted by Gasteiger charge is 2.23. The van der Waals surface area contributed by atoms with E-state index in [9.17, 15) is 10.2 Å². The molecule has 0 radical (unpaired) electrons. The fourth-order valence-electron chi connectivity index (χ4n) is 6.73. The van der Waals surface area contributed by atoms with Gasteiger partial charge in [-0.15, -0.1) is 0 Å². The smallest absolute Gasteiger partial charge is 0.0845 e. The molecule has 0 bridgehead atoms. The van der Waals surface area contributed by atoms with Crippen molar-refractivity contribution in [3.05, 3.63) is 95.0 Å². The second kappa shape index (κ2) is 11.5. The van der Waals surface area contributed by atoms with Gasteiger partial charge in [0.2, 0.25) is 0 Å². The maximum Gasteiger partial charge on any atom is 0.0845 e. The van der Waals surface area contributed by atoms with Gasteiger partial charge in [-0.1, -0.05) is 59.6 Å². The first-order valence-corrected chi connectivity index (χ1v) is 15.3. The lowest BCUT2D eigenvalue weighted by atomic mass is 10.1. The van der Waals surface area contributed by atoms with Crippen LogP contribution in [0.4, 0.5) is 0 Å². The van der Waals surface area contributed by atoms with Gasteiger partial charge in [0, 0.05) is 92.9 Å². The summed E-state index contributed by atoms with van der Waals surface area (Å²) in [5, 5.41) is 28.2. The molecule has 42 heavy (non-hydrogen) atoms. The summed E-state index contributed by atoms with van der Waals surface area (Å²) in [4.78, 5) is 4.66. The van der Waals surface area contributed by atoms with E-state index in [-0.39, 0.29) is 0 Å². The Kier molecular flexibility index (Phi) is 7.61. The Morgan fingerprint density at radius 3 is 1.31 bits per heavy atom. The Labute approximate surface area is 254 Å². The van der Waals surface area contributed by atoms with E-state index in [1.54, 1.807) is 0 Å². The highest BCUT2D eigenvalue weighted by atomic mass is 35.5. The molecule has 0 amide bonds. The fraction of sp³-hybridized carbons (Fsp3) is 0.294. The lowest BCUT2D eigenvalue weighted by Gasteiger charge is -2.36. The predicted octanol–water partition coefficient (Wildman–Crippen LogP) is 6.25. The first-order valence-electron chi connectivity index (χ1n) is 14.6. The molecule has 7 rings (SSSR count). The monoisotopic (exact) mass is 600 g/mol. The lowest BCUT2D eigenvalue weighted by molar-refractivity contribution is 0.0415. The molecule has 6 nitrogen and oxygen atoms in total. The first kappa shape index (κ1) is 27.7. The summed E-state index contributed by atoms with van der Waals surface area (Å²) in [5.74, 6) is 0. The van der Waals surface area contributed by atoms with Gasteiger partial charge >= 0.3 is 0 Å². The van der Waals surface area contributed by atoms with Crippen molar-refractivity contribution in [1.29, 1.82) is 0 Å². The molecular formula is C34H34Cl2N4O2. The van der Waals surface area contributed by atoms with E-state index in [0.717, 1.165) is 59.0 Å². The molecule has 2 N–H and O–H groups in total. The average Bonchev–Trinajstić information content (AvgIpc) is 3.46. The van der Waals surface area contributed by atoms with Crippen molar-refractivity contribution in [1.82, 2.24) is 18.9 Å². The molecule has 216 valence electrons. The minimum Gasteiger partial charge on any atom is -0.390 e. The molecule has 4 aromatic carbocycles. The Balaban J connectivity index is 0.975. The van der Waals surface area contributed by atoms with Crippen LogP contribution in [0.2, 0.25) is 10.0 Å². The van der Waals surface area contributed by atoms with E-state index in [1.165, 1.54) is 10.8 Å². The molecule has 6 aromatic rings. The number of hydrogen-bond donors (Lipinski definition) is 2. The molecule has 1 aliphatic heterocycles. The van der Waals surface area contributed by atoms with Crippen molar-refractivity contribution in [3.63, 3.8) is 0 Å². The molecule has 2 atom stereocenters. The summed E-state index contributed by atoms with van der Waals surface area (Å²) in [6.45, 7) is 5.72. The average molecular weight is 602 g/mol. The van der Waals surface area contributed by atoms with E-state index in [2.05, 4.69) is 67.5 Å². The third-order valence-corrected chi connectivity index (χ3v) is 9.13. The normalized spacial score (nSPS) is 16.7. The summed E-state index contributed by atoms with van der Waals surface area (Å²) in [6.07, 6.45) is -0.999. The fourth-order valence-corrected chi connectivity index (χ4v) is 7.08. The standard InChI is InChI=1S/C34H34Cl2N4O2/c35-23-9-11-33-29(17-23)30-18-24(36)10-12-34(30)40(33)22-26(42)20-38-15-13-37(14-16-38)19-25(41)21-39-31-7-3-1-5-27(31)28-6-2-4-8-32(28)39/h1-12,17-18,25-26,41-42H,13-16,19-22H2/t25-,26+/m1/s1. The van der Waals surface area contributed by atoms with Crippen molar-refractivity contribution < 1.29 is 10.2 Å². The highest BCUT2D eigenvalue weighted by Crippen LogP contribution is 2.33. The summed E-state index contributed by atoms with van der Waals surface area (Å²) in [7, 11) is 0. The maximum absolute atomic E-state index is 11.2. The Hall–Kier alpha value is -3.10. The van der Waals surface area contributed by atoms with Gasteiger partial charge in [-0.05, 0) is 48.5 Å². The van der Waals surface area contributed by atoms with Crippen molar-refractivity contribution >= 4 is 66.8 Å². The third kappa shape index (κ3) is 5.28. The number of aliphatic hydroxyl groups excluding tert-OH is 2. The quantitative estimate of drug-likeness (QED) is 0.217. The van der Waals surface area contributed by atoms with Gasteiger partial charge in [0.25, 0.3) is 0 Å². The van der Waals surface area contributed by atoms with Crippen molar-refractivity contribution in [2.24, 2.45) is 0 Å². The number of hydrogen-bond acceptors (Lipinski definition) is 4. The van der Waals surface area contributed by atoms with Crippen LogP contribution in [0.1, 0.15) is 0 Å². The zero-order chi connectivity index (χ0) is 28.8. The van der Waals surface area contributed by atoms with Gasteiger partial charge in [0.1, 0.15) is 0 Å². The van der Waals surface area contributed by atoms with Gasteiger partial charge in [-0.25, -0.2) is 0 Å². The third-order valence-electron chi connectivity index (χ3n) is 8.66. The Bertz CT molecular complexity index is 1780. The number of fused-ring (bicyclic) bond motifs is 6. The second-order valence-corrected chi connectivity index (χ2v) is 12.4. The molecule has 0 aliphatic carbocycles. The van der Waals surface area contributed by atoms with Crippen LogP contribution >= 0.6 is 23.2 Å². The number of aliphatic hydroxyl groups is 2. The predicted molar refractivity (Wildman–Crippen MR) is 174 cm³/mol. The Morgan fingerprint density at radius 2 is 0.881 bits per heavy atom. The van der Waals surface area contributed by atoms with E-state index in [4.69, 9.17) is 23.2 Å². The van der Waals surface area contributed by atoms with Crippen LogP contribution in [0.3, 0.4) is 0 Å². The number of piperazine rings is 1. The minimum absolute atomic E-state index is 0.473. The number of nitrogens with zero attached hydrogens (tertiary/aromatic N) is 4. The van der Waals surface area contributed by atoms with Crippen LogP contribution in [0, 0.1) is 0 Å². The number of para-hydroxylation sites is 2. The molecule has 3 heterocycles. The molecule has 1 aliphatic rings. The number of benzene rings is 4. The van der Waals surface area contributed by atoms with Gasteiger partial charge in [-0.3, -0.25) is 9.80 Å². The van der Waals surface area contributed by atoms with Crippen molar-refractivity contribution in [3.8, 4) is 0 Å². The van der Waals surface area contributed by atoms with Gasteiger partial charge in [-0.2, -0.15) is 0 Å². The second-order valence-electron chi connectivity index (χ2n) is 11.5. The molecule has 1 saturated heterocycles. The number of halogens is 2. The molecule has 0 saturated carbocycles. The van der Waals surface area contributed by atoms with Crippen molar-refractivity contribution in [2.75, 3.05) is 39.3 Å². The lowest BCUT2D eigenvalue weighted by Crippen LogP contribution is -2.50. The summed E-state index contributed by atoms with van der Waals surface area (Å²) >= 11 is 12.6. The van der Waals surface area contributed by atoms with Crippen LogP contribution in [0.25, 0.3) is 43.6 Å². The van der Waals surface area contributed by atoms with Crippen LogP contribution in [0.5, 0.6) is 0 Å². The van der Waals surface area contributed by atoms with Crippen LogP contribution in [0.15, 0.2) is 84.9 Å². The number of aromatic nitrogens is 2. The molecular weight excluding hydrogens is 567 g/mol. The highest BCUT2D eigenvalue weighted by molar-refractivity contribution is 6.33. The summed E-state index contributed by atoms with van der Waals surface area (Å²) in [6, 6.07) is 28.6. The summed E-state index contributed by atoms with van der Waals surface area (Å²) < 4.78 is 4.42. The number of rotatable bonds is 8. The zero-order valence-electron chi connectivity index (χ0n) is 23.3. The molecule has 1 fully saturated rings. The SMILES string of the molecule is O[C@H](CN1CCN(C[C@H](O)Cn2c3ccc(Cl)cc3c3cc(Cl)ccc32)CC1)Cn1c2ccccc2c2ccccc21. The van der Waals surface area contributed by atoms with E-state index in [1.807, 2.05) is 36.4 Å². The van der Waals surface area contributed by atoms with E-state index >= 15 is 0 Å². The minimum atomic E-state index is -0.525. The van der Waals surface area contributed by atoms with Crippen LogP contribution in [-0.4, -0.2) is 80.6 Å². The summed E-state index contributed by atoms with van der Waals surface area (Å²) in [5.41, 5.74) is 4.40. The van der Waals surface area contributed by atoms with E-state index < -0.39 is 12.2 Å². The molecule has 0 unspecified atom stereocenters.